The molecule has 1 amide bonds. The molecule has 0 unspecified atom stereocenters. The van der Waals surface area contributed by atoms with Crippen LogP contribution in [0.2, 0.25) is 0 Å². The van der Waals surface area contributed by atoms with Crippen molar-refractivity contribution in [1.82, 2.24) is 4.90 Å². The molecule has 1 aliphatic heterocycles. The summed E-state index contributed by atoms with van der Waals surface area (Å²) < 4.78 is 0. The van der Waals surface area contributed by atoms with Crippen molar-refractivity contribution in [2.24, 2.45) is 0 Å². The van der Waals surface area contributed by atoms with Crippen LogP contribution in [0.1, 0.15) is 12.8 Å². The smallest absolute Gasteiger partial charge is 0.290 e. The molecule has 0 saturated carbocycles. The van der Waals surface area contributed by atoms with Gasteiger partial charge < -0.3 is 4.90 Å². The Bertz CT molecular complexity index is 227. The van der Waals surface area contributed by atoms with Crippen molar-refractivity contribution in [1.29, 1.82) is 0 Å². The Morgan fingerprint density at radius 1 is 1.55 bits per heavy atom. The second-order valence-electron chi connectivity index (χ2n) is 2.42. The van der Waals surface area contributed by atoms with Gasteiger partial charge in [0.05, 0.1) is 0 Å². The summed E-state index contributed by atoms with van der Waals surface area (Å²) in [6, 6.07) is 0. The standard InChI is InChI=1S/C8H9NO2/c1-2-3-5-9-6-4-7(10)8(9)11/h1H,3-6H2. The molecule has 0 radical (unpaired) electrons. The first kappa shape index (κ1) is 7.80. The number of terminal acetylenes is 1. The molecule has 1 heterocycles. The lowest BCUT2D eigenvalue weighted by molar-refractivity contribution is -0.139. The van der Waals surface area contributed by atoms with Crippen molar-refractivity contribution in [3.05, 3.63) is 0 Å². The van der Waals surface area contributed by atoms with E-state index in [9.17, 15) is 9.59 Å². The highest BCUT2D eigenvalue weighted by molar-refractivity contribution is 6.37. The third kappa shape index (κ3) is 1.58. The van der Waals surface area contributed by atoms with Crippen molar-refractivity contribution in [2.75, 3.05) is 13.1 Å². The normalized spacial score (nSPS) is 17.2. The molecule has 0 aromatic carbocycles. The van der Waals surface area contributed by atoms with E-state index in [4.69, 9.17) is 6.42 Å². The molecule has 1 saturated heterocycles. The Kier molecular flexibility index (Phi) is 2.27. The molecule has 0 spiro atoms. The Morgan fingerprint density at radius 3 is 2.73 bits per heavy atom. The van der Waals surface area contributed by atoms with Crippen LogP contribution in [0.25, 0.3) is 0 Å². The van der Waals surface area contributed by atoms with Crippen LogP contribution in [-0.4, -0.2) is 29.7 Å². The molecule has 1 fully saturated rings. The van der Waals surface area contributed by atoms with Crippen LogP contribution < -0.4 is 0 Å². The highest BCUT2D eigenvalue weighted by Gasteiger charge is 2.27. The summed E-state index contributed by atoms with van der Waals surface area (Å²) in [5, 5.41) is 0. The second kappa shape index (κ2) is 3.20. The van der Waals surface area contributed by atoms with Crippen LogP contribution in [0.15, 0.2) is 0 Å². The molecule has 1 aliphatic rings. The van der Waals surface area contributed by atoms with Gasteiger partial charge in [-0.1, -0.05) is 0 Å². The summed E-state index contributed by atoms with van der Waals surface area (Å²) in [5.41, 5.74) is 0. The number of carbonyl (C=O) groups excluding carboxylic acids is 2. The summed E-state index contributed by atoms with van der Waals surface area (Å²) in [4.78, 5) is 23.1. The molecular weight excluding hydrogens is 142 g/mol. The first-order chi connectivity index (χ1) is 5.25. The third-order valence-corrected chi connectivity index (χ3v) is 1.66. The minimum absolute atomic E-state index is 0.290. The summed E-state index contributed by atoms with van der Waals surface area (Å²) in [5.74, 6) is 1.76. The van der Waals surface area contributed by atoms with Crippen molar-refractivity contribution in [3.8, 4) is 12.3 Å². The van der Waals surface area contributed by atoms with Gasteiger partial charge in [0, 0.05) is 25.9 Å². The van der Waals surface area contributed by atoms with E-state index in [1.165, 1.54) is 4.90 Å². The molecule has 0 aliphatic carbocycles. The fourth-order valence-electron chi connectivity index (χ4n) is 1.03. The maximum Gasteiger partial charge on any atom is 0.290 e. The topological polar surface area (TPSA) is 37.4 Å². The van der Waals surface area contributed by atoms with E-state index < -0.39 is 0 Å². The lowest BCUT2D eigenvalue weighted by atomic mass is 10.3. The Labute approximate surface area is 65.4 Å². The van der Waals surface area contributed by atoms with E-state index in [2.05, 4.69) is 5.92 Å². The Morgan fingerprint density at radius 2 is 2.27 bits per heavy atom. The summed E-state index contributed by atoms with van der Waals surface area (Å²) in [7, 11) is 0. The highest BCUT2D eigenvalue weighted by atomic mass is 16.2. The predicted molar refractivity (Wildman–Crippen MR) is 39.7 cm³/mol. The molecule has 58 valence electrons. The fraction of sp³-hybridized carbons (Fsp3) is 0.500. The van der Waals surface area contributed by atoms with E-state index in [-0.39, 0.29) is 11.7 Å². The molecule has 0 aromatic rings. The Hall–Kier alpha value is -1.30. The number of nitrogens with zero attached hydrogens (tertiary/aromatic N) is 1. The van der Waals surface area contributed by atoms with Crippen LogP contribution >= 0.6 is 0 Å². The summed E-state index contributed by atoms with van der Waals surface area (Å²) >= 11 is 0. The predicted octanol–water partition coefficient (Wildman–Crippen LogP) is -0.189. The lowest BCUT2D eigenvalue weighted by Crippen LogP contribution is -2.28. The van der Waals surface area contributed by atoms with Gasteiger partial charge in [0.25, 0.3) is 5.91 Å². The monoisotopic (exact) mass is 151 g/mol. The maximum absolute atomic E-state index is 10.9. The number of ketones is 1. The minimum atomic E-state index is -0.375. The van der Waals surface area contributed by atoms with Gasteiger partial charge in [-0.3, -0.25) is 9.59 Å². The summed E-state index contributed by atoms with van der Waals surface area (Å²) in [6.45, 7) is 1.06. The highest BCUT2D eigenvalue weighted by Crippen LogP contribution is 2.05. The van der Waals surface area contributed by atoms with E-state index in [0.29, 0.717) is 25.9 Å². The van der Waals surface area contributed by atoms with Crippen molar-refractivity contribution >= 4 is 11.7 Å². The molecule has 3 nitrogen and oxygen atoms in total. The Balaban J connectivity index is 2.44. The molecule has 1 rings (SSSR count). The fourth-order valence-corrected chi connectivity index (χ4v) is 1.03. The molecule has 0 aromatic heterocycles. The number of carbonyl (C=O) groups is 2. The van der Waals surface area contributed by atoms with Gasteiger partial charge in [0.15, 0.2) is 0 Å². The van der Waals surface area contributed by atoms with Crippen LogP contribution in [0, 0.1) is 12.3 Å². The molecule has 0 atom stereocenters. The number of hydrogen-bond donors (Lipinski definition) is 0. The van der Waals surface area contributed by atoms with E-state index in [0.717, 1.165) is 0 Å². The lowest BCUT2D eigenvalue weighted by Gasteiger charge is -2.10. The van der Waals surface area contributed by atoms with Gasteiger partial charge in [-0.15, -0.1) is 12.3 Å². The maximum atomic E-state index is 10.9. The second-order valence-corrected chi connectivity index (χ2v) is 2.42. The van der Waals surface area contributed by atoms with Crippen molar-refractivity contribution < 1.29 is 9.59 Å². The van der Waals surface area contributed by atoms with Crippen LogP contribution in [0.5, 0.6) is 0 Å². The van der Waals surface area contributed by atoms with Crippen LogP contribution in [0.3, 0.4) is 0 Å². The van der Waals surface area contributed by atoms with Gasteiger partial charge in [-0.2, -0.15) is 0 Å². The van der Waals surface area contributed by atoms with Crippen LogP contribution in [0.4, 0.5) is 0 Å². The number of rotatable bonds is 2. The first-order valence-electron chi connectivity index (χ1n) is 3.51. The largest absolute Gasteiger partial charge is 0.335 e. The molecular formula is C8H9NO2. The van der Waals surface area contributed by atoms with Gasteiger partial charge in [-0.05, 0) is 0 Å². The zero-order valence-corrected chi connectivity index (χ0v) is 6.17. The van der Waals surface area contributed by atoms with Crippen molar-refractivity contribution in [2.45, 2.75) is 12.8 Å². The van der Waals surface area contributed by atoms with E-state index in [1.807, 2.05) is 0 Å². The SMILES string of the molecule is C#CCCN1CCC(=O)C1=O. The van der Waals surface area contributed by atoms with Gasteiger partial charge in [0.2, 0.25) is 5.78 Å². The average molecular weight is 151 g/mol. The number of Topliss-reactive ketones (excluding diaryl/α,β-unsaturated/α-hetero) is 1. The molecule has 0 N–H and O–H groups in total. The first-order valence-corrected chi connectivity index (χ1v) is 3.51. The minimum Gasteiger partial charge on any atom is -0.335 e. The quantitative estimate of drug-likeness (QED) is 0.405. The van der Waals surface area contributed by atoms with Gasteiger partial charge in [0.1, 0.15) is 0 Å². The van der Waals surface area contributed by atoms with Crippen molar-refractivity contribution in [3.63, 3.8) is 0 Å². The molecule has 3 heteroatoms. The van der Waals surface area contributed by atoms with E-state index >= 15 is 0 Å². The third-order valence-electron chi connectivity index (χ3n) is 1.66. The molecule has 11 heavy (non-hydrogen) atoms. The van der Waals surface area contributed by atoms with Gasteiger partial charge >= 0.3 is 0 Å². The number of amides is 1. The summed E-state index contributed by atoms with van der Waals surface area (Å²) in [6.07, 6.45) is 5.89. The van der Waals surface area contributed by atoms with Gasteiger partial charge in [-0.25, -0.2) is 0 Å². The van der Waals surface area contributed by atoms with Crippen LogP contribution in [-0.2, 0) is 9.59 Å². The number of hydrogen-bond acceptors (Lipinski definition) is 2. The van der Waals surface area contributed by atoms with E-state index in [1.54, 1.807) is 0 Å². The zero-order valence-electron chi connectivity index (χ0n) is 6.17. The number of likely N-dealkylation sites (tertiary alicyclic amines) is 1. The zero-order chi connectivity index (χ0) is 8.27. The molecule has 0 bridgehead atoms. The average Bonchev–Trinajstić information content (AvgIpc) is 2.31.